The van der Waals surface area contributed by atoms with Gasteiger partial charge < -0.3 is 5.73 Å². The highest BCUT2D eigenvalue weighted by molar-refractivity contribution is 6.28. The van der Waals surface area contributed by atoms with Gasteiger partial charge in [0.15, 0.2) is 11.7 Å². The van der Waals surface area contributed by atoms with Crippen LogP contribution in [0.25, 0.3) is 10.9 Å². The Bertz CT molecular complexity index is 750. The Morgan fingerprint density at radius 1 is 1.21 bits per heavy atom. The van der Waals surface area contributed by atoms with Crippen LogP contribution >= 0.6 is 11.6 Å². The molecule has 0 fully saturated rings. The molecule has 3 aromatic rings. The van der Waals surface area contributed by atoms with E-state index in [1.54, 1.807) is 12.3 Å². The number of benzene rings is 1. The van der Waals surface area contributed by atoms with Crippen LogP contribution < -0.4 is 5.73 Å². The first-order valence-corrected chi connectivity index (χ1v) is 5.88. The molecule has 19 heavy (non-hydrogen) atoms. The quantitative estimate of drug-likeness (QED) is 0.424. The van der Waals surface area contributed by atoms with E-state index in [0.717, 1.165) is 10.9 Å². The van der Waals surface area contributed by atoms with Crippen molar-refractivity contribution in [2.24, 2.45) is 10.7 Å². The molecule has 0 atom stereocenters. The highest BCUT2D eigenvalue weighted by atomic mass is 35.5. The van der Waals surface area contributed by atoms with Crippen molar-refractivity contribution in [3.63, 3.8) is 0 Å². The maximum Gasteiger partial charge on any atom is 0.224 e. The van der Waals surface area contributed by atoms with E-state index in [1.807, 2.05) is 24.3 Å². The first kappa shape index (κ1) is 11.6. The van der Waals surface area contributed by atoms with E-state index in [0.29, 0.717) is 11.5 Å². The van der Waals surface area contributed by atoms with Crippen LogP contribution in [0.1, 0.15) is 5.69 Å². The van der Waals surface area contributed by atoms with Crippen LogP contribution in [0.15, 0.2) is 41.5 Å². The lowest BCUT2D eigenvalue weighted by Crippen LogP contribution is -2.13. The van der Waals surface area contributed by atoms with Crippen LogP contribution in [0.5, 0.6) is 0 Å². The number of hydrogen-bond acceptors (Lipinski definition) is 4. The van der Waals surface area contributed by atoms with Crippen LogP contribution in [0, 0.1) is 0 Å². The minimum Gasteiger partial charge on any atom is -0.382 e. The number of aromatic amines is 1. The molecular weight excluding hydrogens is 264 g/mol. The number of halogens is 1. The average molecular weight is 273 g/mol. The van der Waals surface area contributed by atoms with E-state index >= 15 is 0 Å². The highest BCUT2D eigenvalue weighted by Crippen LogP contribution is 2.24. The van der Waals surface area contributed by atoms with Gasteiger partial charge in [0.25, 0.3) is 0 Å². The molecule has 6 nitrogen and oxygen atoms in total. The Labute approximate surface area is 113 Å². The molecule has 3 N–H and O–H groups in total. The molecule has 0 amide bonds. The van der Waals surface area contributed by atoms with Gasteiger partial charge >= 0.3 is 0 Å². The molecule has 0 unspecified atom stereocenters. The van der Waals surface area contributed by atoms with Crippen molar-refractivity contribution < 1.29 is 0 Å². The highest BCUT2D eigenvalue weighted by Gasteiger charge is 2.07. The summed E-state index contributed by atoms with van der Waals surface area (Å²) in [5.41, 5.74) is 7.23. The van der Waals surface area contributed by atoms with Crippen molar-refractivity contribution in [2.45, 2.75) is 0 Å². The summed E-state index contributed by atoms with van der Waals surface area (Å²) in [4.78, 5) is 12.5. The Kier molecular flexibility index (Phi) is 2.85. The number of nitrogens with one attached hydrogen (secondary N) is 1. The molecule has 3 rings (SSSR count). The number of nitrogens with two attached hydrogens (primary N) is 1. The zero-order valence-corrected chi connectivity index (χ0v) is 10.5. The van der Waals surface area contributed by atoms with Gasteiger partial charge in [-0.2, -0.15) is 10.1 Å². The van der Waals surface area contributed by atoms with Crippen LogP contribution in [0.4, 0.5) is 5.82 Å². The lowest BCUT2D eigenvalue weighted by Gasteiger charge is -2.02. The molecule has 0 radical (unpaired) electrons. The summed E-state index contributed by atoms with van der Waals surface area (Å²) >= 11 is 5.88. The summed E-state index contributed by atoms with van der Waals surface area (Å²) in [5, 5.41) is 7.48. The molecule has 0 saturated heterocycles. The molecular formula is C12H9ClN6. The number of aliphatic imine (C=N–C) groups is 1. The number of rotatable bonds is 2. The first-order valence-electron chi connectivity index (χ1n) is 5.50. The van der Waals surface area contributed by atoms with Crippen LogP contribution in [-0.4, -0.2) is 26.0 Å². The normalized spacial score (nSPS) is 11.9. The number of H-pyrrole nitrogens is 1. The van der Waals surface area contributed by atoms with E-state index in [2.05, 4.69) is 25.2 Å². The van der Waals surface area contributed by atoms with Gasteiger partial charge in [0.2, 0.25) is 5.28 Å². The molecule has 2 aromatic heterocycles. The number of hydrogen-bond donors (Lipinski definition) is 2. The monoisotopic (exact) mass is 272 g/mol. The van der Waals surface area contributed by atoms with Crippen LogP contribution in [0.3, 0.4) is 0 Å². The van der Waals surface area contributed by atoms with Crippen molar-refractivity contribution in [3.8, 4) is 0 Å². The second-order valence-electron chi connectivity index (χ2n) is 3.80. The zero-order valence-electron chi connectivity index (χ0n) is 9.71. The average Bonchev–Trinajstić information content (AvgIpc) is 2.92. The lowest BCUT2D eigenvalue weighted by atomic mass is 10.2. The predicted molar refractivity (Wildman–Crippen MR) is 73.5 cm³/mol. The molecule has 0 aliphatic rings. The summed E-state index contributed by atoms with van der Waals surface area (Å²) < 4.78 is 0. The molecule has 0 bridgehead atoms. The third-order valence-corrected chi connectivity index (χ3v) is 2.73. The fourth-order valence-corrected chi connectivity index (χ4v) is 1.86. The van der Waals surface area contributed by atoms with Crippen molar-refractivity contribution in [3.05, 3.63) is 47.5 Å². The van der Waals surface area contributed by atoms with Gasteiger partial charge in [-0.3, -0.25) is 5.10 Å². The number of amidine groups is 1. The number of nitrogens with zero attached hydrogens (tertiary/aromatic N) is 4. The molecule has 0 saturated carbocycles. The van der Waals surface area contributed by atoms with E-state index in [9.17, 15) is 0 Å². The summed E-state index contributed by atoms with van der Waals surface area (Å²) in [7, 11) is 0. The van der Waals surface area contributed by atoms with E-state index < -0.39 is 0 Å². The molecule has 2 heterocycles. The lowest BCUT2D eigenvalue weighted by molar-refractivity contribution is 1.07. The fourth-order valence-electron chi connectivity index (χ4n) is 1.69. The summed E-state index contributed by atoms with van der Waals surface area (Å²) in [6, 6.07) is 9.19. The minimum absolute atomic E-state index is 0.134. The smallest absolute Gasteiger partial charge is 0.224 e. The van der Waals surface area contributed by atoms with Gasteiger partial charge in [-0.15, -0.1) is 0 Å². The molecule has 0 aliphatic carbocycles. The van der Waals surface area contributed by atoms with Crippen molar-refractivity contribution in [1.82, 2.24) is 20.2 Å². The maximum absolute atomic E-state index is 5.89. The Balaban J connectivity index is 2.17. The van der Waals surface area contributed by atoms with Crippen LogP contribution in [-0.2, 0) is 0 Å². The van der Waals surface area contributed by atoms with Gasteiger partial charge in [0.1, 0.15) is 0 Å². The fraction of sp³-hybridized carbons (Fsp3) is 0. The SMILES string of the molecule is NC(=Nc1nc(Cl)nc2ccccc12)c1ccn[nH]1. The summed E-state index contributed by atoms with van der Waals surface area (Å²) in [6.07, 6.45) is 1.60. The second kappa shape index (κ2) is 4.66. The first-order chi connectivity index (χ1) is 9.24. The van der Waals surface area contributed by atoms with Crippen LogP contribution in [0.2, 0.25) is 5.28 Å². The topological polar surface area (TPSA) is 92.8 Å². The van der Waals surface area contributed by atoms with Crippen molar-refractivity contribution in [2.75, 3.05) is 0 Å². The van der Waals surface area contributed by atoms with Gasteiger partial charge in [0.05, 0.1) is 11.2 Å². The van der Waals surface area contributed by atoms with E-state index in [1.165, 1.54) is 0 Å². The number of para-hydroxylation sites is 1. The van der Waals surface area contributed by atoms with E-state index in [-0.39, 0.29) is 11.1 Å². The molecule has 1 aromatic carbocycles. The largest absolute Gasteiger partial charge is 0.382 e. The third-order valence-electron chi connectivity index (χ3n) is 2.56. The van der Waals surface area contributed by atoms with Gasteiger partial charge in [-0.25, -0.2) is 9.98 Å². The number of fused-ring (bicyclic) bond motifs is 1. The van der Waals surface area contributed by atoms with E-state index in [4.69, 9.17) is 17.3 Å². The summed E-state index contributed by atoms with van der Waals surface area (Å²) in [5.74, 6) is 0.722. The molecule has 0 aliphatic heterocycles. The standard InChI is InChI=1S/C12H9ClN6/c13-12-16-8-4-2-1-3-7(8)11(18-12)17-10(14)9-5-6-15-19-9/h1-6H,(H,15,19)(H2,14,16,17,18). The third kappa shape index (κ3) is 2.25. The zero-order chi connectivity index (χ0) is 13.2. The van der Waals surface area contributed by atoms with Gasteiger partial charge in [-0.05, 0) is 29.8 Å². The Morgan fingerprint density at radius 3 is 2.84 bits per heavy atom. The maximum atomic E-state index is 5.89. The molecule has 0 spiro atoms. The number of aromatic nitrogens is 4. The Morgan fingerprint density at radius 2 is 2.05 bits per heavy atom. The summed E-state index contributed by atoms with van der Waals surface area (Å²) in [6.45, 7) is 0. The predicted octanol–water partition coefficient (Wildman–Crippen LogP) is 2.04. The minimum atomic E-state index is 0.134. The van der Waals surface area contributed by atoms with Gasteiger partial charge in [-0.1, -0.05) is 12.1 Å². The molecule has 94 valence electrons. The van der Waals surface area contributed by atoms with Crippen molar-refractivity contribution in [1.29, 1.82) is 0 Å². The van der Waals surface area contributed by atoms with Crippen molar-refractivity contribution >= 4 is 34.2 Å². The second-order valence-corrected chi connectivity index (χ2v) is 4.14. The molecule has 7 heteroatoms. The van der Waals surface area contributed by atoms with Gasteiger partial charge in [0, 0.05) is 11.6 Å². The Hall–Kier alpha value is -2.47.